The third-order valence-corrected chi connectivity index (χ3v) is 5.33. The van der Waals surface area contributed by atoms with Crippen LogP contribution in [-0.4, -0.2) is 32.8 Å². The van der Waals surface area contributed by atoms with E-state index in [4.69, 9.17) is 4.98 Å². The van der Waals surface area contributed by atoms with Crippen LogP contribution in [0.4, 0.5) is 0 Å². The van der Waals surface area contributed by atoms with Crippen molar-refractivity contribution in [1.29, 1.82) is 0 Å². The maximum atomic E-state index is 4.75. The van der Waals surface area contributed by atoms with E-state index in [0.717, 1.165) is 42.0 Å². The maximum Gasteiger partial charge on any atom is 0.191 e. The molecule has 7 nitrogen and oxygen atoms in total. The van der Waals surface area contributed by atoms with Gasteiger partial charge in [0.25, 0.3) is 0 Å². The van der Waals surface area contributed by atoms with Gasteiger partial charge in [0.15, 0.2) is 5.96 Å². The van der Waals surface area contributed by atoms with Crippen LogP contribution < -0.4 is 10.6 Å². The van der Waals surface area contributed by atoms with Gasteiger partial charge in [0, 0.05) is 18.5 Å². The average molecular weight is 362 g/mol. The van der Waals surface area contributed by atoms with Crippen LogP contribution in [0.2, 0.25) is 0 Å². The minimum absolute atomic E-state index is 0.144. The topological polar surface area (TPSA) is 80.0 Å². The molecule has 0 amide bonds. The van der Waals surface area contributed by atoms with Gasteiger partial charge in [-0.2, -0.15) is 5.10 Å². The smallest absolute Gasteiger partial charge is 0.191 e. The van der Waals surface area contributed by atoms with Crippen LogP contribution in [0.25, 0.3) is 0 Å². The molecule has 0 bridgehead atoms. The summed E-state index contributed by atoms with van der Waals surface area (Å²) in [6, 6.07) is 0.144. The molecule has 2 aromatic rings. The summed E-state index contributed by atoms with van der Waals surface area (Å²) in [5.74, 6) is 3.06. The number of thiazole rings is 1. The molecule has 0 saturated carbocycles. The van der Waals surface area contributed by atoms with Crippen molar-refractivity contribution < 1.29 is 0 Å². The van der Waals surface area contributed by atoms with Gasteiger partial charge in [0.05, 0.1) is 18.3 Å². The van der Waals surface area contributed by atoms with Gasteiger partial charge in [-0.25, -0.2) is 14.6 Å². The zero-order chi connectivity index (χ0) is 18.0. The monoisotopic (exact) mass is 361 g/mol. The van der Waals surface area contributed by atoms with Crippen molar-refractivity contribution in [3.05, 3.63) is 27.2 Å². The van der Waals surface area contributed by atoms with Crippen LogP contribution in [0.5, 0.6) is 0 Å². The van der Waals surface area contributed by atoms with E-state index in [9.17, 15) is 0 Å². The highest BCUT2D eigenvalue weighted by molar-refractivity contribution is 7.11. The van der Waals surface area contributed by atoms with Gasteiger partial charge in [-0.15, -0.1) is 11.3 Å². The van der Waals surface area contributed by atoms with Crippen LogP contribution in [-0.2, 0) is 13.1 Å². The van der Waals surface area contributed by atoms with Crippen molar-refractivity contribution in [2.24, 2.45) is 4.99 Å². The molecule has 0 aromatic carbocycles. The average Bonchev–Trinajstić information content (AvgIpc) is 3.13. The molecule has 1 aliphatic heterocycles. The first-order chi connectivity index (χ1) is 12.0. The van der Waals surface area contributed by atoms with Crippen molar-refractivity contribution >= 4 is 17.3 Å². The second-order valence-electron chi connectivity index (χ2n) is 6.71. The second-order valence-corrected chi connectivity index (χ2v) is 8.00. The van der Waals surface area contributed by atoms with E-state index in [2.05, 4.69) is 46.5 Å². The molecule has 3 heterocycles. The largest absolute Gasteiger partial charge is 0.350 e. The lowest BCUT2D eigenvalue weighted by Gasteiger charge is -2.24. The van der Waals surface area contributed by atoms with E-state index in [1.807, 2.05) is 11.6 Å². The number of aryl methyl sites for hydroxylation is 3. The summed E-state index contributed by atoms with van der Waals surface area (Å²) >= 11 is 1.75. The van der Waals surface area contributed by atoms with Gasteiger partial charge in [0.2, 0.25) is 0 Å². The molecular weight excluding hydrogens is 334 g/mol. The Balaban J connectivity index is 1.63. The summed E-state index contributed by atoms with van der Waals surface area (Å²) in [5, 5.41) is 12.4. The number of hydrogen-bond acceptors (Lipinski definition) is 5. The Morgan fingerprint density at radius 2 is 2.16 bits per heavy atom. The summed E-state index contributed by atoms with van der Waals surface area (Å²) in [6.45, 7) is 10.1. The zero-order valence-corrected chi connectivity index (χ0v) is 16.4. The quantitative estimate of drug-likeness (QED) is 0.646. The number of guanidine groups is 1. The van der Waals surface area contributed by atoms with Gasteiger partial charge in [-0.3, -0.25) is 4.99 Å². The molecular formula is C17H27N7S. The van der Waals surface area contributed by atoms with E-state index in [1.54, 1.807) is 18.4 Å². The van der Waals surface area contributed by atoms with Gasteiger partial charge in [0.1, 0.15) is 16.7 Å². The molecule has 1 aliphatic rings. The molecule has 0 spiro atoms. The normalized spacial score (nSPS) is 17.7. The third kappa shape index (κ3) is 4.00. The molecule has 0 fully saturated rings. The lowest BCUT2D eigenvalue weighted by Crippen LogP contribution is -2.41. The van der Waals surface area contributed by atoms with Crippen molar-refractivity contribution in [3.8, 4) is 0 Å². The first-order valence-electron chi connectivity index (χ1n) is 8.82. The summed E-state index contributed by atoms with van der Waals surface area (Å²) in [4.78, 5) is 15.0. The third-order valence-electron chi connectivity index (χ3n) is 4.35. The van der Waals surface area contributed by atoms with Crippen LogP contribution in [0.1, 0.15) is 65.9 Å². The Labute approximate surface area is 153 Å². The summed E-state index contributed by atoms with van der Waals surface area (Å²) in [7, 11) is 1.79. The van der Waals surface area contributed by atoms with E-state index < -0.39 is 0 Å². The van der Waals surface area contributed by atoms with Gasteiger partial charge in [-0.1, -0.05) is 13.8 Å². The number of nitrogens with one attached hydrogen (secondary N) is 2. The van der Waals surface area contributed by atoms with Crippen LogP contribution >= 0.6 is 11.3 Å². The summed E-state index contributed by atoms with van der Waals surface area (Å²) in [6.07, 6.45) is 2.13. The van der Waals surface area contributed by atoms with Gasteiger partial charge < -0.3 is 10.6 Å². The molecule has 25 heavy (non-hydrogen) atoms. The Morgan fingerprint density at radius 3 is 2.84 bits per heavy atom. The van der Waals surface area contributed by atoms with Crippen molar-refractivity contribution in [2.75, 3.05) is 7.05 Å². The van der Waals surface area contributed by atoms with Crippen molar-refractivity contribution in [3.63, 3.8) is 0 Å². The first-order valence-corrected chi connectivity index (χ1v) is 9.64. The molecule has 3 rings (SSSR count). The van der Waals surface area contributed by atoms with Crippen LogP contribution in [0.15, 0.2) is 4.99 Å². The Kier molecular flexibility index (Phi) is 5.36. The predicted octanol–water partition coefficient (Wildman–Crippen LogP) is 2.67. The van der Waals surface area contributed by atoms with E-state index in [1.165, 1.54) is 10.6 Å². The lowest BCUT2D eigenvalue weighted by molar-refractivity contribution is 0.397. The molecule has 8 heteroatoms. The Bertz CT molecular complexity index is 759. The van der Waals surface area contributed by atoms with E-state index in [0.29, 0.717) is 12.5 Å². The fourth-order valence-corrected chi connectivity index (χ4v) is 4.23. The fourth-order valence-electron chi connectivity index (χ4n) is 3.20. The predicted molar refractivity (Wildman–Crippen MR) is 101 cm³/mol. The molecule has 2 aromatic heterocycles. The number of aliphatic imine (C=N–C) groups is 1. The Morgan fingerprint density at radius 1 is 1.36 bits per heavy atom. The number of aromatic nitrogens is 4. The van der Waals surface area contributed by atoms with Crippen LogP contribution in [0.3, 0.4) is 0 Å². The minimum atomic E-state index is 0.144. The first kappa shape index (κ1) is 17.8. The molecule has 0 aliphatic carbocycles. The highest BCUT2D eigenvalue weighted by Crippen LogP contribution is 2.24. The Hall–Kier alpha value is -1.96. The molecule has 136 valence electrons. The van der Waals surface area contributed by atoms with E-state index >= 15 is 0 Å². The van der Waals surface area contributed by atoms with Crippen molar-refractivity contribution in [2.45, 2.75) is 65.6 Å². The number of fused-ring (bicyclic) bond motifs is 1. The van der Waals surface area contributed by atoms with Gasteiger partial charge in [-0.05, 0) is 32.6 Å². The minimum Gasteiger partial charge on any atom is -0.350 e. The molecule has 0 radical (unpaired) electrons. The van der Waals surface area contributed by atoms with Gasteiger partial charge >= 0.3 is 0 Å². The van der Waals surface area contributed by atoms with E-state index in [-0.39, 0.29) is 6.04 Å². The summed E-state index contributed by atoms with van der Waals surface area (Å²) < 4.78 is 2.00. The molecule has 0 saturated heterocycles. The molecule has 1 atom stereocenters. The standard InChI is InChI=1S/C17H27N7S/c1-10(2)15-11(3)25-14(22-15)9-19-17(18-5)21-13-7-6-8-24-16(13)20-12(4)23-24/h10,13H,6-9H2,1-5H3,(H2,18,19,21). The van der Waals surface area contributed by atoms with Crippen molar-refractivity contribution in [1.82, 2.24) is 30.4 Å². The molecule has 2 N–H and O–H groups in total. The highest BCUT2D eigenvalue weighted by Gasteiger charge is 2.24. The number of nitrogens with zero attached hydrogens (tertiary/aromatic N) is 5. The zero-order valence-electron chi connectivity index (χ0n) is 15.6. The fraction of sp³-hybridized carbons (Fsp3) is 0.647. The maximum absolute atomic E-state index is 4.75. The van der Waals surface area contributed by atoms with Crippen LogP contribution in [0, 0.1) is 13.8 Å². The second kappa shape index (κ2) is 7.51. The SMILES string of the molecule is CN=C(NCc1nc(C(C)C)c(C)s1)NC1CCCn2nc(C)nc21. The summed E-state index contributed by atoms with van der Waals surface area (Å²) in [5.41, 5.74) is 1.20. The number of rotatable bonds is 4. The lowest BCUT2D eigenvalue weighted by atomic mass is 10.1. The number of hydrogen-bond donors (Lipinski definition) is 2. The molecule has 1 unspecified atom stereocenters. The highest BCUT2D eigenvalue weighted by atomic mass is 32.1.